The number of alkyl halides is 3. The van der Waals surface area contributed by atoms with Crippen molar-refractivity contribution in [3.63, 3.8) is 0 Å². The summed E-state index contributed by atoms with van der Waals surface area (Å²) in [5.41, 5.74) is 2.09. The average molecular weight is 471 g/mol. The summed E-state index contributed by atoms with van der Waals surface area (Å²) in [4.78, 5) is 24.0. The summed E-state index contributed by atoms with van der Waals surface area (Å²) in [5, 5.41) is 21.4. The molecule has 0 heterocycles. The maximum Gasteiger partial charge on any atom is 0.416 e. The number of halogens is 3. The molecule has 0 saturated heterocycles. The van der Waals surface area contributed by atoms with Crippen LogP contribution in [0.5, 0.6) is 0 Å². The van der Waals surface area contributed by atoms with Crippen molar-refractivity contribution in [2.45, 2.75) is 24.2 Å². The van der Waals surface area contributed by atoms with Gasteiger partial charge in [-0.3, -0.25) is 0 Å². The van der Waals surface area contributed by atoms with Gasteiger partial charge in [-0.1, -0.05) is 66.7 Å². The number of amides is 1. The molecule has 0 spiro atoms. The molecule has 6 nitrogen and oxygen atoms in total. The molecule has 34 heavy (non-hydrogen) atoms. The van der Waals surface area contributed by atoms with Crippen LogP contribution in [-0.2, 0) is 15.7 Å². The number of ether oxygens (including phenoxy) is 1. The molecule has 0 saturated carbocycles. The lowest BCUT2D eigenvalue weighted by Crippen LogP contribution is -2.41. The number of carboxylic acid groups (broad SMARTS) is 1. The van der Waals surface area contributed by atoms with E-state index >= 15 is 0 Å². The van der Waals surface area contributed by atoms with E-state index in [1.54, 1.807) is 0 Å². The van der Waals surface area contributed by atoms with Gasteiger partial charge in [0.05, 0.1) is 11.6 Å². The van der Waals surface area contributed by atoms with E-state index in [1.165, 1.54) is 6.07 Å². The van der Waals surface area contributed by atoms with E-state index < -0.39 is 41.5 Å². The van der Waals surface area contributed by atoms with E-state index in [4.69, 9.17) is 4.74 Å². The van der Waals surface area contributed by atoms with Crippen molar-refractivity contribution in [1.29, 1.82) is 0 Å². The molecule has 1 aliphatic carbocycles. The molecular weight excluding hydrogens is 451 g/mol. The SMILES string of the molecule is O=C(N[C@H](c1ccccc1C(F)(F)F)[C@@H](O)C(=O)O)OCC1c2ccccc2-c2ccccc21. The van der Waals surface area contributed by atoms with Crippen LogP contribution in [0.2, 0.25) is 0 Å². The number of hydrogen-bond acceptors (Lipinski definition) is 4. The minimum atomic E-state index is -4.82. The van der Waals surface area contributed by atoms with Crippen molar-refractivity contribution >= 4 is 12.1 Å². The number of aliphatic hydroxyl groups excluding tert-OH is 1. The number of carbonyl (C=O) groups excluding carboxylic acids is 1. The first kappa shape index (κ1) is 23.3. The highest BCUT2D eigenvalue weighted by molar-refractivity contribution is 5.79. The molecule has 1 amide bonds. The average Bonchev–Trinajstić information content (AvgIpc) is 3.14. The van der Waals surface area contributed by atoms with Crippen LogP contribution in [0.4, 0.5) is 18.0 Å². The van der Waals surface area contributed by atoms with Crippen LogP contribution in [0, 0.1) is 0 Å². The Kier molecular flexibility index (Phi) is 6.30. The maximum atomic E-state index is 13.5. The third-order valence-electron chi connectivity index (χ3n) is 5.79. The fraction of sp³-hybridized carbons (Fsp3) is 0.200. The number of nitrogens with one attached hydrogen (secondary N) is 1. The Balaban J connectivity index is 1.56. The minimum absolute atomic E-state index is 0.128. The zero-order valence-corrected chi connectivity index (χ0v) is 17.6. The predicted molar refractivity (Wildman–Crippen MR) is 116 cm³/mol. The Morgan fingerprint density at radius 1 is 0.912 bits per heavy atom. The molecule has 0 unspecified atom stereocenters. The van der Waals surface area contributed by atoms with Gasteiger partial charge < -0.3 is 20.3 Å². The highest BCUT2D eigenvalue weighted by Crippen LogP contribution is 2.44. The number of benzene rings is 3. The first-order valence-corrected chi connectivity index (χ1v) is 10.4. The van der Waals surface area contributed by atoms with Crippen LogP contribution < -0.4 is 5.32 Å². The number of rotatable bonds is 6. The second-order valence-corrected chi connectivity index (χ2v) is 7.82. The summed E-state index contributed by atoms with van der Waals surface area (Å²) in [6.45, 7) is -0.128. The van der Waals surface area contributed by atoms with Gasteiger partial charge >= 0.3 is 18.2 Å². The summed E-state index contributed by atoms with van der Waals surface area (Å²) >= 11 is 0. The van der Waals surface area contributed by atoms with Gasteiger partial charge in [0.15, 0.2) is 6.10 Å². The minimum Gasteiger partial charge on any atom is -0.479 e. The number of fused-ring (bicyclic) bond motifs is 3. The second-order valence-electron chi connectivity index (χ2n) is 7.82. The van der Waals surface area contributed by atoms with E-state index in [0.717, 1.165) is 40.5 Å². The monoisotopic (exact) mass is 471 g/mol. The molecule has 0 radical (unpaired) electrons. The molecular formula is C25H20F3NO5. The number of carbonyl (C=O) groups is 2. The second kappa shape index (κ2) is 9.18. The van der Waals surface area contributed by atoms with Crippen molar-refractivity contribution in [2.24, 2.45) is 0 Å². The van der Waals surface area contributed by atoms with Gasteiger partial charge in [0.2, 0.25) is 0 Å². The normalized spacial score (nSPS) is 14.6. The predicted octanol–water partition coefficient (Wildman–Crippen LogP) is 4.73. The number of carboxylic acids is 1. The highest BCUT2D eigenvalue weighted by atomic mass is 19.4. The van der Waals surface area contributed by atoms with Gasteiger partial charge in [-0.15, -0.1) is 0 Å². The lowest BCUT2D eigenvalue weighted by Gasteiger charge is -2.25. The van der Waals surface area contributed by atoms with Crippen LogP contribution in [0.1, 0.15) is 34.2 Å². The molecule has 3 aromatic carbocycles. The van der Waals surface area contributed by atoms with Crippen molar-refractivity contribution in [3.05, 3.63) is 95.1 Å². The summed E-state index contributed by atoms with van der Waals surface area (Å²) in [7, 11) is 0. The molecule has 0 fully saturated rings. The fourth-order valence-corrected chi connectivity index (χ4v) is 4.26. The molecule has 0 bridgehead atoms. The topological polar surface area (TPSA) is 95.9 Å². The fourth-order valence-electron chi connectivity index (χ4n) is 4.26. The summed E-state index contributed by atoms with van der Waals surface area (Å²) < 4.78 is 45.7. The number of aliphatic carboxylic acids is 1. The Morgan fingerprint density at radius 2 is 1.44 bits per heavy atom. The van der Waals surface area contributed by atoms with Crippen LogP contribution in [-0.4, -0.2) is 35.0 Å². The Bertz CT molecular complexity index is 1180. The van der Waals surface area contributed by atoms with Gasteiger partial charge in [-0.05, 0) is 33.9 Å². The molecule has 1 aliphatic rings. The van der Waals surface area contributed by atoms with Gasteiger partial charge in [0.1, 0.15) is 6.61 Å². The largest absolute Gasteiger partial charge is 0.479 e. The molecule has 9 heteroatoms. The van der Waals surface area contributed by atoms with Crippen molar-refractivity contribution in [3.8, 4) is 11.1 Å². The quantitative estimate of drug-likeness (QED) is 0.483. The standard InChI is InChI=1S/C25H20F3NO5/c26-25(27,28)20-12-6-5-11-18(20)21(22(30)23(31)32)29-24(33)34-13-19-16-9-3-1-7-14(16)15-8-2-4-10-17(15)19/h1-12,19,21-22,30H,13H2,(H,29,33)(H,31,32)/t21-,22-/m1/s1. The molecule has 3 N–H and O–H groups in total. The smallest absolute Gasteiger partial charge is 0.416 e. The third-order valence-corrected chi connectivity index (χ3v) is 5.79. The van der Waals surface area contributed by atoms with E-state index in [1.807, 2.05) is 48.5 Å². The number of hydrogen-bond donors (Lipinski definition) is 3. The van der Waals surface area contributed by atoms with Crippen LogP contribution >= 0.6 is 0 Å². The zero-order valence-electron chi connectivity index (χ0n) is 17.6. The molecule has 0 aromatic heterocycles. The van der Waals surface area contributed by atoms with Gasteiger partial charge in [-0.2, -0.15) is 13.2 Å². The zero-order chi connectivity index (χ0) is 24.5. The van der Waals surface area contributed by atoms with E-state index in [-0.39, 0.29) is 12.5 Å². The summed E-state index contributed by atoms with van der Waals surface area (Å²) in [6, 6.07) is 17.4. The van der Waals surface area contributed by atoms with Gasteiger partial charge in [0, 0.05) is 5.92 Å². The summed E-state index contributed by atoms with van der Waals surface area (Å²) in [6.07, 6.45) is -8.30. The van der Waals surface area contributed by atoms with Crippen molar-refractivity contribution < 1.29 is 37.7 Å². The maximum absolute atomic E-state index is 13.5. The molecule has 4 rings (SSSR count). The van der Waals surface area contributed by atoms with Crippen molar-refractivity contribution in [2.75, 3.05) is 6.61 Å². The Hall–Kier alpha value is -3.85. The third kappa shape index (κ3) is 4.47. The lowest BCUT2D eigenvalue weighted by molar-refractivity contribution is -0.149. The number of alkyl carbamates (subject to hydrolysis) is 1. The Morgan fingerprint density at radius 3 is 2.00 bits per heavy atom. The molecule has 3 aromatic rings. The Labute approximate surface area is 192 Å². The molecule has 176 valence electrons. The summed E-state index contributed by atoms with van der Waals surface area (Å²) in [5.74, 6) is -2.09. The molecule has 0 aliphatic heterocycles. The van der Waals surface area contributed by atoms with Gasteiger partial charge in [-0.25, -0.2) is 9.59 Å². The molecule has 2 atom stereocenters. The van der Waals surface area contributed by atoms with E-state index in [0.29, 0.717) is 0 Å². The van der Waals surface area contributed by atoms with Crippen LogP contribution in [0.3, 0.4) is 0 Å². The highest BCUT2D eigenvalue weighted by Gasteiger charge is 2.39. The first-order chi connectivity index (χ1) is 16.2. The first-order valence-electron chi connectivity index (χ1n) is 10.4. The van der Waals surface area contributed by atoms with Gasteiger partial charge in [0.25, 0.3) is 0 Å². The van der Waals surface area contributed by atoms with Crippen LogP contribution in [0.15, 0.2) is 72.8 Å². The van der Waals surface area contributed by atoms with E-state index in [9.17, 15) is 33.0 Å². The van der Waals surface area contributed by atoms with E-state index in [2.05, 4.69) is 5.32 Å². The van der Waals surface area contributed by atoms with Crippen LogP contribution in [0.25, 0.3) is 11.1 Å². The van der Waals surface area contributed by atoms with Crippen molar-refractivity contribution in [1.82, 2.24) is 5.32 Å². The number of aliphatic hydroxyl groups is 1. The lowest BCUT2D eigenvalue weighted by atomic mass is 9.96.